The van der Waals surface area contributed by atoms with Crippen LogP contribution in [0.2, 0.25) is 5.02 Å². The lowest BCUT2D eigenvalue weighted by Crippen LogP contribution is -2.38. The maximum absolute atomic E-state index is 8.95. The molecule has 0 bridgehead atoms. The van der Waals surface area contributed by atoms with Crippen LogP contribution in [0, 0.1) is 11.3 Å². The highest BCUT2D eigenvalue weighted by molar-refractivity contribution is 14.0. The third kappa shape index (κ3) is 7.76. The number of nitrogens with one attached hydrogen (secondary N) is 2. The van der Waals surface area contributed by atoms with Gasteiger partial charge in [0.2, 0.25) is 0 Å². The highest BCUT2D eigenvalue weighted by Crippen LogP contribution is 2.09. The van der Waals surface area contributed by atoms with Gasteiger partial charge < -0.3 is 10.6 Å². The number of rotatable bonds is 6. The second kappa shape index (κ2) is 11.7. The predicted octanol–water partition coefficient (Wildman–Crippen LogP) is 4.13. The normalized spacial score (nSPS) is 10.5. The summed E-state index contributed by atoms with van der Waals surface area (Å²) in [5.41, 5.74) is 2.90. The quantitative estimate of drug-likeness (QED) is 0.381. The van der Waals surface area contributed by atoms with E-state index in [4.69, 9.17) is 16.9 Å². The van der Waals surface area contributed by atoms with E-state index < -0.39 is 0 Å². The molecule has 0 amide bonds. The molecule has 2 aromatic rings. The molecule has 0 atom stereocenters. The zero-order chi connectivity index (χ0) is 17.2. The molecule has 2 rings (SSSR count). The summed E-state index contributed by atoms with van der Waals surface area (Å²) in [7, 11) is 0. The van der Waals surface area contributed by atoms with Crippen molar-refractivity contribution in [3.63, 3.8) is 0 Å². The van der Waals surface area contributed by atoms with E-state index in [0.717, 1.165) is 36.1 Å². The molecule has 2 aromatic carbocycles. The Labute approximate surface area is 171 Å². The molecule has 4 nitrogen and oxygen atoms in total. The molecule has 0 aliphatic heterocycles. The van der Waals surface area contributed by atoms with Crippen LogP contribution in [0.4, 0.5) is 0 Å². The number of benzene rings is 2. The van der Waals surface area contributed by atoms with Crippen LogP contribution in [0.25, 0.3) is 0 Å². The molecule has 0 heterocycles. The van der Waals surface area contributed by atoms with Gasteiger partial charge in [-0.15, -0.1) is 24.0 Å². The number of hydrogen-bond donors (Lipinski definition) is 2. The lowest BCUT2D eigenvalue weighted by molar-refractivity contribution is 0.799. The minimum absolute atomic E-state index is 0. The number of nitrogens with zero attached hydrogens (tertiary/aromatic N) is 2. The fourth-order valence-electron chi connectivity index (χ4n) is 2.23. The minimum atomic E-state index is 0. The predicted molar refractivity (Wildman–Crippen MR) is 115 cm³/mol. The molecular formula is C19H22ClIN4. The van der Waals surface area contributed by atoms with Crippen LogP contribution >= 0.6 is 35.6 Å². The number of nitriles is 1. The molecular weight excluding hydrogens is 447 g/mol. The van der Waals surface area contributed by atoms with Gasteiger partial charge in [-0.2, -0.15) is 5.26 Å². The van der Waals surface area contributed by atoms with Crippen molar-refractivity contribution in [2.24, 2.45) is 4.99 Å². The molecule has 0 saturated carbocycles. The smallest absolute Gasteiger partial charge is 0.191 e. The highest BCUT2D eigenvalue weighted by atomic mass is 127. The highest BCUT2D eigenvalue weighted by Gasteiger charge is 1.99. The molecule has 0 fully saturated rings. The lowest BCUT2D eigenvalue weighted by atomic mass is 10.1. The average Bonchev–Trinajstić information content (AvgIpc) is 2.61. The second-order valence-electron chi connectivity index (χ2n) is 5.31. The summed E-state index contributed by atoms with van der Waals surface area (Å²) in [6.45, 7) is 4.15. The van der Waals surface area contributed by atoms with Crippen LogP contribution in [0.5, 0.6) is 0 Å². The number of hydrogen-bond acceptors (Lipinski definition) is 2. The van der Waals surface area contributed by atoms with Crippen LogP contribution < -0.4 is 10.6 Å². The Bertz CT molecular complexity index is 723. The second-order valence-corrected chi connectivity index (χ2v) is 5.75. The Kier molecular flexibility index (Phi) is 9.97. The first kappa shape index (κ1) is 21.3. The fourth-order valence-corrected chi connectivity index (χ4v) is 2.35. The van der Waals surface area contributed by atoms with Crippen molar-refractivity contribution in [2.75, 3.05) is 13.1 Å². The third-order valence-corrected chi connectivity index (χ3v) is 3.69. The van der Waals surface area contributed by atoms with Crippen LogP contribution in [-0.4, -0.2) is 19.0 Å². The van der Waals surface area contributed by atoms with E-state index in [-0.39, 0.29) is 24.0 Å². The summed E-state index contributed by atoms with van der Waals surface area (Å²) in [5.74, 6) is 0.772. The maximum Gasteiger partial charge on any atom is 0.191 e. The minimum Gasteiger partial charge on any atom is -0.357 e. The number of guanidine groups is 1. The molecule has 0 spiro atoms. The summed E-state index contributed by atoms with van der Waals surface area (Å²) in [6.07, 6.45) is 0.894. The molecule has 0 radical (unpaired) electrons. The van der Waals surface area contributed by atoms with E-state index in [1.165, 1.54) is 5.56 Å². The van der Waals surface area contributed by atoms with Crippen LogP contribution in [-0.2, 0) is 13.0 Å². The first-order valence-electron chi connectivity index (χ1n) is 7.97. The molecule has 6 heteroatoms. The summed E-state index contributed by atoms with van der Waals surface area (Å²) in [4.78, 5) is 4.57. The number of halogens is 2. The summed E-state index contributed by atoms with van der Waals surface area (Å²) in [6, 6.07) is 17.5. The average molecular weight is 469 g/mol. The monoisotopic (exact) mass is 468 g/mol. The summed E-state index contributed by atoms with van der Waals surface area (Å²) >= 11 is 5.89. The Morgan fingerprint density at radius 1 is 1.12 bits per heavy atom. The van der Waals surface area contributed by atoms with Crippen molar-refractivity contribution < 1.29 is 0 Å². The van der Waals surface area contributed by atoms with Gasteiger partial charge in [0.1, 0.15) is 0 Å². The van der Waals surface area contributed by atoms with Gasteiger partial charge in [-0.25, -0.2) is 4.99 Å². The van der Waals surface area contributed by atoms with Crippen LogP contribution in [0.15, 0.2) is 53.5 Å². The Balaban J connectivity index is 0.00000312. The molecule has 0 aromatic heterocycles. The topological polar surface area (TPSA) is 60.2 Å². The molecule has 2 N–H and O–H groups in total. The van der Waals surface area contributed by atoms with Gasteiger partial charge in [0.25, 0.3) is 0 Å². The van der Waals surface area contributed by atoms with Crippen molar-refractivity contribution in [2.45, 2.75) is 19.9 Å². The largest absolute Gasteiger partial charge is 0.357 e. The zero-order valence-electron chi connectivity index (χ0n) is 14.1. The number of aliphatic imine (C=N–C) groups is 1. The van der Waals surface area contributed by atoms with Crippen molar-refractivity contribution in [3.8, 4) is 6.07 Å². The van der Waals surface area contributed by atoms with Crippen LogP contribution in [0.3, 0.4) is 0 Å². The van der Waals surface area contributed by atoms with E-state index in [0.29, 0.717) is 12.1 Å². The standard InChI is InChI=1S/C19H21ClN4.HI/c1-2-22-19(23-11-10-15-6-8-18(20)9-7-15)24-14-17-5-3-4-16(12-17)13-21;/h3-9,12H,2,10-11,14H2,1H3,(H2,22,23,24);1H. The third-order valence-electron chi connectivity index (χ3n) is 3.44. The van der Waals surface area contributed by atoms with Gasteiger partial charge in [0.05, 0.1) is 18.2 Å². The summed E-state index contributed by atoms with van der Waals surface area (Å²) < 4.78 is 0. The van der Waals surface area contributed by atoms with Gasteiger partial charge in [0, 0.05) is 18.1 Å². The van der Waals surface area contributed by atoms with E-state index in [1.54, 1.807) is 6.07 Å². The van der Waals surface area contributed by atoms with Gasteiger partial charge in [-0.05, 0) is 48.7 Å². The van der Waals surface area contributed by atoms with E-state index in [1.807, 2.05) is 49.4 Å². The van der Waals surface area contributed by atoms with Crippen molar-refractivity contribution >= 4 is 41.5 Å². The molecule has 0 aliphatic rings. The molecule has 132 valence electrons. The van der Waals surface area contributed by atoms with Gasteiger partial charge >= 0.3 is 0 Å². The Hall–Kier alpha value is -1.78. The van der Waals surface area contributed by atoms with Gasteiger partial charge in [-0.3, -0.25) is 0 Å². The van der Waals surface area contributed by atoms with Gasteiger partial charge in [-0.1, -0.05) is 35.9 Å². The van der Waals surface area contributed by atoms with Crippen molar-refractivity contribution in [3.05, 3.63) is 70.2 Å². The SMILES string of the molecule is CCNC(=NCc1cccc(C#N)c1)NCCc1ccc(Cl)cc1.I. The molecule has 0 saturated heterocycles. The lowest BCUT2D eigenvalue weighted by Gasteiger charge is -2.11. The zero-order valence-corrected chi connectivity index (χ0v) is 17.2. The van der Waals surface area contributed by atoms with E-state index >= 15 is 0 Å². The first-order chi connectivity index (χ1) is 11.7. The fraction of sp³-hybridized carbons (Fsp3) is 0.263. The Morgan fingerprint density at radius 3 is 2.56 bits per heavy atom. The Morgan fingerprint density at radius 2 is 1.88 bits per heavy atom. The van der Waals surface area contributed by atoms with E-state index in [9.17, 15) is 0 Å². The molecule has 25 heavy (non-hydrogen) atoms. The van der Waals surface area contributed by atoms with Crippen molar-refractivity contribution in [1.29, 1.82) is 5.26 Å². The van der Waals surface area contributed by atoms with E-state index in [2.05, 4.69) is 21.7 Å². The van der Waals surface area contributed by atoms with Crippen LogP contribution in [0.1, 0.15) is 23.6 Å². The molecule has 0 aliphatic carbocycles. The summed E-state index contributed by atoms with van der Waals surface area (Å²) in [5, 5.41) is 16.3. The molecule has 0 unspecified atom stereocenters. The maximum atomic E-state index is 8.95. The van der Waals surface area contributed by atoms with Gasteiger partial charge in [0.15, 0.2) is 5.96 Å². The first-order valence-corrected chi connectivity index (χ1v) is 8.34. The van der Waals surface area contributed by atoms with Crippen molar-refractivity contribution in [1.82, 2.24) is 10.6 Å².